The molecule has 0 aromatic carbocycles. The molecule has 0 saturated carbocycles. The molecule has 6 heteroatoms. The van der Waals surface area contributed by atoms with Crippen molar-refractivity contribution in [1.82, 2.24) is 9.88 Å². The molecule has 1 aromatic rings. The zero-order valence-corrected chi connectivity index (χ0v) is 11.1. The number of aromatic nitrogens is 1. The Bertz CT molecular complexity index is 447. The van der Waals surface area contributed by atoms with Gasteiger partial charge < -0.3 is 4.90 Å². The predicted octanol–water partition coefficient (Wildman–Crippen LogP) is 2.82. The molecule has 1 aliphatic rings. The SMILES string of the molecule is O=C(CCC(F)(F)F)N1CCC(Cc2cccnc2)C1. The standard InChI is InChI=1S/C14H17F3N2O/c15-14(16,17)5-3-13(20)19-7-4-12(10-19)8-11-2-1-6-18-9-11/h1-2,6,9,12H,3-5,7-8,10H2. The Morgan fingerprint density at radius 1 is 1.45 bits per heavy atom. The second kappa shape index (κ2) is 6.24. The third-order valence-electron chi connectivity index (χ3n) is 3.51. The van der Waals surface area contributed by atoms with Crippen LogP contribution in [0.15, 0.2) is 24.5 Å². The Balaban J connectivity index is 1.79. The number of hydrogen-bond acceptors (Lipinski definition) is 2. The molecule has 0 spiro atoms. The number of nitrogens with zero attached hydrogens (tertiary/aromatic N) is 2. The summed E-state index contributed by atoms with van der Waals surface area (Å²) in [6, 6.07) is 3.83. The quantitative estimate of drug-likeness (QED) is 0.852. The van der Waals surface area contributed by atoms with Gasteiger partial charge in [0, 0.05) is 31.9 Å². The fraction of sp³-hybridized carbons (Fsp3) is 0.571. The molecule has 1 aromatic heterocycles. The lowest BCUT2D eigenvalue weighted by Crippen LogP contribution is -2.29. The van der Waals surface area contributed by atoms with Gasteiger partial charge in [-0.15, -0.1) is 0 Å². The molecule has 0 aliphatic carbocycles. The van der Waals surface area contributed by atoms with Crippen LogP contribution in [0.4, 0.5) is 13.2 Å². The number of amides is 1. The summed E-state index contributed by atoms with van der Waals surface area (Å²) < 4.78 is 36.3. The van der Waals surface area contributed by atoms with Crippen LogP contribution < -0.4 is 0 Å². The largest absolute Gasteiger partial charge is 0.389 e. The predicted molar refractivity (Wildman–Crippen MR) is 67.9 cm³/mol. The first kappa shape index (κ1) is 14.8. The van der Waals surface area contributed by atoms with E-state index in [0.29, 0.717) is 19.0 Å². The van der Waals surface area contributed by atoms with Crippen LogP contribution in [0.3, 0.4) is 0 Å². The number of likely N-dealkylation sites (tertiary alicyclic amines) is 1. The maximum absolute atomic E-state index is 12.1. The summed E-state index contributed by atoms with van der Waals surface area (Å²) in [6.45, 7) is 1.10. The normalized spacial score (nSPS) is 19.4. The van der Waals surface area contributed by atoms with E-state index in [2.05, 4.69) is 4.98 Å². The van der Waals surface area contributed by atoms with E-state index in [-0.39, 0.29) is 0 Å². The second-order valence-corrected chi connectivity index (χ2v) is 5.18. The van der Waals surface area contributed by atoms with Gasteiger partial charge >= 0.3 is 6.18 Å². The van der Waals surface area contributed by atoms with Crippen molar-refractivity contribution in [3.8, 4) is 0 Å². The number of hydrogen-bond donors (Lipinski definition) is 0. The van der Waals surface area contributed by atoms with Crippen molar-refractivity contribution in [3.63, 3.8) is 0 Å². The van der Waals surface area contributed by atoms with Crippen LogP contribution >= 0.6 is 0 Å². The van der Waals surface area contributed by atoms with E-state index < -0.39 is 24.9 Å². The van der Waals surface area contributed by atoms with Crippen LogP contribution in [0.1, 0.15) is 24.8 Å². The lowest BCUT2D eigenvalue weighted by Gasteiger charge is -2.17. The topological polar surface area (TPSA) is 33.2 Å². The molecule has 1 amide bonds. The minimum atomic E-state index is -4.26. The van der Waals surface area contributed by atoms with E-state index in [1.54, 1.807) is 17.3 Å². The number of halogens is 3. The summed E-state index contributed by atoms with van der Waals surface area (Å²) in [5.74, 6) is -0.0787. The van der Waals surface area contributed by atoms with E-state index in [0.717, 1.165) is 18.4 Å². The summed E-state index contributed by atoms with van der Waals surface area (Å²) in [6.07, 6.45) is -0.591. The lowest BCUT2D eigenvalue weighted by atomic mass is 10.0. The van der Waals surface area contributed by atoms with E-state index in [9.17, 15) is 18.0 Å². The van der Waals surface area contributed by atoms with Gasteiger partial charge in [0.15, 0.2) is 0 Å². The smallest absolute Gasteiger partial charge is 0.342 e. The zero-order chi connectivity index (χ0) is 14.6. The van der Waals surface area contributed by atoms with Gasteiger partial charge in [-0.1, -0.05) is 6.07 Å². The van der Waals surface area contributed by atoms with Gasteiger partial charge in [-0.05, 0) is 30.4 Å². The summed E-state index contributed by atoms with van der Waals surface area (Å²) in [7, 11) is 0. The Labute approximate surface area is 115 Å². The number of alkyl halides is 3. The van der Waals surface area contributed by atoms with Crippen molar-refractivity contribution in [3.05, 3.63) is 30.1 Å². The number of carbonyl (C=O) groups excluding carboxylic acids is 1. The number of rotatable bonds is 4. The van der Waals surface area contributed by atoms with Gasteiger partial charge in [0.25, 0.3) is 0 Å². The molecule has 2 rings (SSSR count). The summed E-state index contributed by atoms with van der Waals surface area (Å²) in [5, 5.41) is 0. The highest BCUT2D eigenvalue weighted by molar-refractivity contribution is 5.76. The van der Waals surface area contributed by atoms with Gasteiger partial charge in [0.1, 0.15) is 0 Å². The average molecular weight is 286 g/mol. The Kier molecular flexibility index (Phi) is 4.62. The van der Waals surface area contributed by atoms with Crippen molar-refractivity contribution in [2.45, 2.75) is 31.9 Å². The fourth-order valence-electron chi connectivity index (χ4n) is 2.48. The van der Waals surface area contributed by atoms with Gasteiger partial charge in [0.05, 0.1) is 6.42 Å². The monoisotopic (exact) mass is 286 g/mol. The Morgan fingerprint density at radius 2 is 2.25 bits per heavy atom. The van der Waals surface area contributed by atoms with Crippen LogP contribution in [0.25, 0.3) is 0 Å². The minimum Gasteiger partial charge on any atom is -0.342 e. The average Bonchev–Trinajstić information content (AvgIpc) is 2.85. The van der Waals surface area contributed by atoms with Gasteiger partial charge in [-0.25, -0.2) is 0 Å². The van der Waals surface area contributed by atoms with E-state index in [4.69, 9.17) is 0 Å². The molecular weight excluding hydrogens is 269 g/mol. The maximum atomic E-state index is 12.1. The van der Waals surface area contributed by atoms with Gasteiger partial charge in [-0.3, -0.25) is 9.78 Å². The van der Waals surface area contributed by atoms with Crippen LogP contribution in [0.2, 0.25) is 0 Å². The van der Waals surface area contributed by atoms with Gasteiger partial charge in [0.2, 0.25) is 5.91 Å². The van der Waals surface area contributed by atoms with Crippen molar-refractivity contribution in [1.29, 1.82) is 0 Å². The molecule has 2 heterocycles. The second-order valence-electron chi connectivity index (χ2n) is 5.18. The molecular formula is C14H17F3N2O. The van der Waals surface area contributed by atoms with Crippen molar-refractivity contribution in [2.75, 3.05) is 13.1 Å². The Hall–Kier alpha value is -1.59. The van der Waals surface area contributed by atoms with E-state index in [1.165, 1.54) is 0 Å². The molecule has 0 N–H and O–H groups in total. The third-order valence-corrected chi connectivity index (χ3v) is 3.51. The highest BCUT2D eigenvalue weighted by Gasteiger charge is 2.31. The number of carbonyl (C=O) groups is 1. The van der Waals surface area contributed by atoms with Crippen LogP contribution in [-0.4, -0.2) is 35.1 Å². The highest BCUT2D eigenvalue weighted by Crippen LogP contribution is 2.25. The molecule has 3 nitrogen and oxygen atoms in total. The first-order valence-corrected chi connectivity index (χ1v) is 6.67. The molecule has 0 bridgehead atoms. The lowest BCUT2D eigenvalue weighted by molar-refractivity contribution is -0.148. The van der Waals surface area contributed by atoms with Crippen molar-refractivity contribution in [2.24, 2.45) is 5.92 Å². The molecule has 1 fully saturated rings. The third kappa shape index (κ3) is 4.51. The molecule has 1 unspecified atom stereocenters. The first-order chi connectivity index (χ1) is 9.44. The number of pyridine rings is 1. The Morgan fingerprint density at radius 3 is 2.90 bits per heavy atom. The van der Waals surface area contributed by atoms with E-state index in [1.807, 2.05) is 12.1 Å². The van der Waals surface area contributed by atoms with Crippen molar-refractivity contribution >= 4 is 5.91 Å². The fourth-order valence-corrected chi connectivity index (χ4v) is 2.48. The summed E-state index contributed by atoms with van der Waals surface area (Å²) >= 11 is 0. The minimum absolute atomic E-state index is 0.314. The molecule has 1 saturated heterocycles. The van der Waals surface area contributed by atoms with Crippen LogP contribution in [-0.2, 0) is 11.2 Å². The molecule has 1 atom stereocenters. The molecule has 110 valence electrons. The molecule has 1 aliphatic heterocycles. The summed E-state index contributed by atoms with van der Waals surface area (Å²) in [5.41, 5.74) is 1.10. The molecule has 0 radical (unpaired) electrons. The van der Waals surface area contributed by atoms with E-state index >= 15 is 0 Å². The first-order valence-electron chi connectivity index (χ1n) is 6.67. The van der Waals surface area contributed by atoms with Crippen LogP contribution in [0, 0.1) is 5.92 Å². The van der Waals surface area contributed by atoms with Crippen molar-refractivity contribution < 1.29 is 18.0 Å². The zero-order valence-electron chi connectivity index (χ0n) is 11.1. The highest BCUT2D eigenvalue weighted by atomic mass is 19.4. The summed E-state index contributed by atoms with van der Waals surface area (Å²) in [4.78, 5) is 17.3. The molecule has 20 heavy (non-hydrogen) atoms. The van der Waals surface area contributed by atoms with Gasteiger partial charge in [-0.2, -0.15) is 13.2 Å². The maximum Gasteiger partial charge on any atom is 0.389 e. The van der Waals surface area contributed by atoms with Crippen LogP contribution in [0.5, 0.6) is 0 Å².